The molecule has 5 aromatic rings. The number of benzene rings is 2. The summed E-state index contributed by atoms with van der Waals surface area (Å²) in [5, 5.41) is 44.4. The number of ether oxygens (including phenoxy) is 2. The quantitative estimate of drug-likeness (QED) is 0.0976. The second-order valence-corrected chi connectivity index (χ2v) is 15.7. The molecule has 2 bridgehead atoms. The van der Waals surface area contributed by atoms with E-state index >= 15 is 0 Å². The Labute approximate surface area is 328 Å². The van der Waals surface area contributed by atoms with Crippen LogP contribution in [0.2, 0.25) is 0 Å². The number of nitrogens with two attached hydrogens (primary N) is 2. The molecule has 57 heavy (non-hydrogen) atoms. The van der Waals surface area contributed by atoms with Gasteiger partial charge >= 0.3 is 5.97 Å². The third kappa shape index (κ3) is 6.34. The summed E-state index contributed by atoms with van der Waals surface area (Å²) in [5.74, 6) is -2.35. The highest BCUT2D eigenvalue weighted by atomic mass is 16.6. The second-order valence-electron chi connectivity index (χ2n) is 15.7. The van der Waals surface area contributed by atoms with Crippen LogP contribution >= 0.6 is 0 Å². The number of aryl methyl sites for hydroxylation is 1. The molecule has 296 valence electrons. The van der Waals surface area contributed by atoms with Crippen LogP contribution in [0.4, 0.5) is 11.6 Å². The molecule has 1 aliphatic carbocycles. The van der Waals surface area contributed by atoms with Gasteiger partial charge in [0, 0.05) is 59.3 Å². The van der Waals surface area contributed by atoms with Crippen molar-refractivity contribution in [2.45, 2.75) is 83.0 Å². The molecule has 0 fully saturated rings. The fraction of sp³-hybridized carbons (Fsp3) is 0.364. The third-order valence-electron chi connectivity index (χ3n) is 12.6. The third-order valence-corrected chi connectivity index (χ3v) is 12.6. The molecule has 2 aromatic carbocycles. The number of carbonyl (C=O) groups excluding carboxylic acids is 1. The number of esters is 1. The van der Waals surface area contributed by atoms with Gasteiger partial charge in [-0.05, 0) is 104 Å². The van der Waals surface area contributed by atoms with E-state index in [2.05, 4.69) is 9.97 Å². The van der Waals surface area contributed by atoms with Gasteiger partial charge in [0.05, 0.1) is 6.61 Å². The molecule has 0 spiro atoms. The summed E-state index contributed by atoms with van der Waals surface area (Å²) < 4.78 is 20.1. The zero-order chi connectivity index (χ0) is 40.3. The summed E-state index contributed by atoms with van der Waals surface area (Å²) in [4.78, 5) is 36.7. The van der Waals surface area contributed by atoms with Gasteiger partial charge < -0.3 is 45.8 Å². The Hall–Kier alpha value is -5.92. The number of phenolic OH excluding ortho intramolecular Hbond substituents is 2. The first-order chi connectivity index (χ1) is 27.4. The van der Waals surface area contributed by atoms with E-state index in [0.717, 1.165) is 17.2 Å². The van der Waals surface area contributed by atoms with Crippen LogP contribution in [-0.4, -0.2) is 54.7 Å². The average molecular weight is 775 g/mol. The smallest absolute Gasteiger partial charge is 0.333 e. The monoisotopic (exact) mass is 774 g/mol. The molecule has 5 heterocycles. The number of carbonyl (C=O) groups is 1. The van der Waals surface area contributed by atoms with E-state index < -0.39 is 53.9 Å². The van der Waals surface area contributed by atoms with E-state index in [1.54, 1.807) is 50.5 Å². The zero-order valence-corrected chi connectivity index (χ0v) is 32.0. The van der Waals surface area contributed by atoms with Gasteiger partial charge in [-0.3, -0.25) is 4.79 Å². The van der Waals surface area contributed by atoms with Crippen LogP contribution in [0.5, 0.6) is 17.2 Å². The molecular formula is C44H46N4O9. The van der Waals surface area contributed by atoms with Crippen molar-refractivity contribution in [1.82, 2.24) is 9.97 Å². The predicted molar refractivity (Wildman–Crippen MR) is 212 cm³/mol. The number of fused-ring (bicyclic) bond motifs is 7. The van der Waals surface area contributed by atoms with E-state index in [4.69, 9.17) is 25.4 Å². The predicted octanol–water partition coefficient (Wildman–Crippen LogP) is 5.11. The molecule has 3 aromatic heterocycles. The molecule has 8 N–H and O–H groups in total. The molecule has 0 saturated heterocycles. The van der Waals surface area contributed by atoms with Gasteiger partial charge in [0.15, 0.2) is 5.43 Å². The van der Waals surface area contributed by atoms with Gasteiger partial charge in [-0.2, -0.15) is 0 Å². The minimum Gasteiger partial charge on any atom is -0.508 e. The summed E-state index contributed by atoms with van der Waals surface area (Å²) in [7, 11) is 0. The number of aromatic nitrogens is 2. The van der Waals surface area contributed by atoms with Crippen LogP contribution in [0, 0.1) is 11.8 Å². The Kier molecular flexibility index (Phi) is 9.69. The van der Waals surface area contributed by atoms with Crippen LogP contribution in [0.3, 0.4) is 0 Å². The fourth-order valence-corrected chi connectivity index (χ4v) is 9.49. The first-order valence-electron chi connectivity index (χ1n) is 19.2. The Morgan fingerprint density at radius 2 is 1.88 bits per heavy atom. The molecule has 0 radical (unpaired) electrons. The topological polar surface area (TPSA) is 224 Å². The van der Waals surface area contributed by atoms with Crippen molar-refractivity contribution >= 4 is 28.6 Å². The Bertz CT molecular complexity index is 2510. The molecule has 13 nitrogen and oxygen atoms in total. The van der Waals surface area contributed by atoms with Crippen molar-refractivity contribution in [1.29, 1.82) is 0 Å². The second kappa shape index (κ2) is 14.5. The van der Waals surface area contributed by atoms with Crippen molar-refractivity contribution in [2.24, 2.45) is 11.8 Å². The first kappa shape index (κ1) is 38.0. The van der Waals surface area contributed by atoms with Gasteiger partial charge in [-0.15, -0.1) is 0 Å². The lowest BCUT2D eigenvalue weighted by Gasteiger charge is -2.50. The number of phenols is 2. The van der Waals surface area contributed by atoms with Gasteiger partial charge in [0.25, 0.3) is 0 Å². The van der Waals surface area contributed by atoms with Gasteiger partial charge in [-0.25, -0.2) is 14.8 Å². The maximum Gasteiger partial charge on any atom is 0.333 e. The van der Waals surface area contributed by atoms with Crippen molar-refractivity contribution < 1.29 is 39.1 Å². The molecule has 0 amide bonds. The van der Waals surface area contributed by atoms with E-state index in [-0.39, 0.29) is 57.9 Å². The molecule has 8 rings (SSSR count). The summed E-state index contributed by atoms with van der Waals surface area (Å²) in [5.41, 5.74) is 16.0. The number of aliphatic hydroxyl groups excluding tert-OH is 2. The van der Waals surface area contributed by atoms with Crippen LogP contribution in [0.25, 0.3) is 11.0 Å². The van der Waals surface area contributed by atoms with Crippen molar-refractivity contribution in [2.75, 3.05) is 18.1 Å². The van der Waals surface area contributed by atoms with Gasteiger partial charge in [0.2, 0.25) is 0 Å². The number of nitrogen functional groups attached to an aromatic ring is 2. The Morgan fingerprint density at radius 3 is 2.61 bits per heavy atom. The zero-order valence-electron chi connectivity index (χ0n) is 32.0. The number of pyridine rings is 2. The summed E-state index contributed by atoms with van der Waals surface area (Å²) in [6, 6.07) is 11.4. The summed E-state index contributed by atoms with van der Waals surface area (Å²) >= 11 is 0. The standard InChI is InChI=1S/C44H46N4O9/c1-4-21(2)43(54)56-34-17-30-39(53)37-33(52)16-27(19-49)55-41(37)38-36(31(20-50)23-6-5-7-26(51)12-23)28-10-11-47-42(46)29(28)13-24-9-8-22-15-35(45)48-18-25(22)14-32(24)44(34,3)57-40(30)38/h4-7,10-12,15-16,18,24,31-32,34,36,49-51,53H,8-9,13-14,17,19-20H2,1-3H3,(H2,45,48)(H2,46,47). The maximum absolute atomic E-state index is 14.0. The maximum atomic E-state index is 14.0. The lowest BCUT2D eigenvalue weighted by molar-refractivity contribution is -0.168. The molecule has 13 heteroatoms. The number of nitrogens with zero attached hydrogens (tertiary/aromatic N) is 2. The molecule has 3 aliphatic rings. The molecular weight excluding hydrogens is 729 g/mol. The van der Waals surface area contributed by atoms with Crippen LogP contribution in [-0.2, 0) is 41.8 Å². The van der Waals surface area contributed by atoms with E-state index in [1.165, 1.54) is 6.07 Å². The van der Waals surface area contributed by atoms with E-state index in [9.17, 15) is 30.0 Å². The number of rotatable bonds is 6. The lowest BCUT2D eigenvalue weighted by atomic mass is 9.66. The van der Waals surface area contributed by atoms with E-state index in [0.29, 0.717) is 59.3 Å². The average Bonchev–Trinajstić information content (AvgIpc) is 3.37. The highest BCUT2D eigenvalue weighted by molar-refractivity contribution is 5.92. The molecule has 6 unspecified atom stereocenters. The largest absolute Gasteiger partial charge is 0.508 e. The van der Waals surface area contributed by atoms with Crippen LogP contribution in [0.15, 0.2) is 75.7 Å². The highest BCUT2D eigenvalue weighted by Gasteiger charge is 2.55. The number of hydrogen-bond donors (Lipinski definition) is 6. The SMILES string of the molecule is CC=C(C)C(=O)OC1Cc2c3c(c4oc(CO)cc(=O)c4c2O)C(C(CO)c2cccc(O)c2)c2ccnc(N)c2CC2CCc4cc(N)ncc4CC2C1(C)O3. The van der Waals surface area contributed by atoms with E-state index in [1.807, 2.05) is 19.1 Å². The fourth-order valence-electron chi connectivity index (χ4n) is 9.49. The highest BCUT2D eigenvalue weighted by Crippen LogP contribution is 2.57. The lowest BCUT2D eigenvalue weighted by Crippen LogP contribution is -2.59. The van der Waals surface area contributed by atoms with Crippen molar-refractivity contribution in [3.63, 3.8) is 0 Å². The van der Waals surface area contributed by atoms with Crippen LogP contribution < -0.4 is 21.6 Å². The minimum atomic E-state index is -1.28. The number of aliphatic hydroxyl groups is 2. The molecule has 0 saturated carbocycles. The summed E-state index contributed by atoms with van der Waals surface area (Å²) in [6.07, 6.45) is 6.25. The summed E-state index contributed by atoms with van der Waals surface area (Å²) in [6.45, 7) is 4.28. The Balaban J connectivity index is 1.51. The number of hydrogen-bond acceptors (Lipinski definition) is 13. The molecule has 6 atom stereocenters. The minimum absolute atomic E-state index is 0.0205. The van der Waals surface area contributed by atoms with Gasteiger partial charge in [-0.1, -0.05) is 18.2 Å². The first-order valence-corrected chi connectivity index (χ1v) is 19.2. The van der Waals surface area contributed by atoms with Gasteiger partial charge in [0.1, 0.15) is 63.9 Å². The van der Waals surface area contributed by atoms with Crippen molar-refractivity contribution in [3.05, 3.63) is 121 Å². The normalized spacial score (nSPS) is 23.3. The Morgan fingerprint density at radius 1 is 1.07 bits per heavy atom. The van der Waals surface area contributed by atoms with Crippen molar-refractivity contribution in [3.8, 4) is 17.2 Å². The number of allylic oxidation sites excluding steroid dienone is 1. The molecule has 2 aliphatic heterocycles. The number of aromatic hydroxyl groups is 2. The number of anilines is 2. The van der Waals surface area contributed by atoms with Crippen LogP contribution in [0.1, 0.15) is 83.7 Å².